The van der Waals surface area contributed by atoms with Crippen LogP contribution in [-0.2, 0) is 6.42 Å². The predicted octanol–water partition coefficient (Wildman–Crippen LogP) is 6.73. The summed E-state index contributed by atoms with van der Waals surface area (Å²) in [7, 11) is 0. The van der Waals surface area contributed by atoms with Gasteiger partial charge in [-0.1, -0.05) is 28.1 Å². The topological polar surface area (TPSA) is 12.0 Å². The molecule has 0 spiro atoms. The van der Waals surface area contributed by atoms with E-state index in [1.165, 1.54) is 9.75 Å². The molecule has 0 fully saturated rings. The standard InChI is InChI=1S/C16H13Br2NS2/c17-11-5-6-13(18)14(9-11)19-15(16-4-2-8-21-16)10-12-3-1-7-20-12/h1-9,15,19H,10H2. The van der Waals surface area contributed by atoms with Crippen LogP contribution in [0.3, 0.4) is 0 Å². The first-order chi connectivity index (χ1) is 10.2. The molecular formula is C16H13Br2NS2. The molecule has 3 aromatic rings. The molecular weight excluding hydrogens is 430 g/mol. The maximum atomic E-state index is 3.67. The monoisotopic (exact) mass is 441 g/mol. The second kappa shape index (κ2) is 7.09. The van der Waals surface area contributed by atoms with Crippen LogP contribution in [0, 0.1) is 0 Å². The number of nitrogens with one attached hydrogen (secondary N) is 1. The summed E-state index contributed by atoms with van der Waals surface area (Å²) in [6.07, 6.45) is 0.997. The Labute approximate surface area is 149 Å². The third-order valence-electron chi connectivity index (χ3n) is 3.13. The molecule has 0 bridgehead atoms. The Kier molecular flexibility index (Phi) is 5.16. The summed E-state index contributed by atoms with van der Waals surface area (Å²) in [5, 5.41) is 7.94. The smallest absolute Gasteiger partial charge is 0.0655 e. The van der Waals surface area contributed by atoms with Crippen molar-refractivity contribution in [3.05, 3.63) is 71.9 Å². The summed E-state index contributed by atoms with van der Waals surface area (Å²) in [5.41, 5.74) is 1.11. The van der Waals surface area contributed by atoms with Crippen LogP contribution >= 0.6 is 54.5 Å². The van der Waals surface area contributed by atoms with Crippen LogP contribution in [0.2, 0.25) is 0 Å². The summed E-state index contributed by atoms with van der Waals surface area (Å²) in [4.78, 5) is 2.75. The Morgan fingerprint density at radius 2 is 1.81 bits per heavy atom. The SMILES string of the molecule is Brc1ccc(Br)c(NC(Cc2cccs2)c2cccs2)c1. The van der Waals surface area contributed by atoms with Crippen LogP contribution in [0.15, 0.2) is 62.2 Å². The minimum atomic E-state index is 0.286. The fourth-order valence-electron chi connectivity index (χ4n) is 2.14. The highest BCUT2D eigenvalue weighted by Gasteiger charge is 2.15. The van der Waals surface area contributed by atoms with Crippen LogP contribution in [0.5, 0.6) is 0 Å². The van der Waals surface area contributed by atoms with Crippen LogP contribution in [-0.4, -0.2) is 0 Å². The Balaban J connectivity index is 1.87. The zero-order chi connectivity index (χ0) is 14.7. The lowest BCUT2D eigenvalue weighted by atomic mass is 10.1. The molecule has 5 heteroatoms. The predicted molar refractivity (Wildman–Crippen MR) is 101 cm³/mol. The van der Waals surface area contributed by atoms with Gasteiger partial charge in [-0.15, -0.1) is 22.7 Å². The average molecular weight is 443 g/mol. The zero-order valence-corrected chi connectivity index (χ0v) is 15.9. The van der Waals surface area contributed by atoms with Crippen LogP contribution in [0.4, 0.5) is 5.69 Å². The van der Waals surface area contributed by atoms with Gasteiger partial charge in [0, 0.05) is 25.1 Å². The van der Waals surface area contributed by atoms with Gasteiger partial charge in [-0.2, -0.15) is 0 Å². The van der Waals surface area contributed by atoms with Crippen molar-refractivity contribution >= 4 is 60.2 Å². The Morgan fingerprint density at radius 1 is 1.00 bits per heavy atom. The van der Waals surface area contributed by atoms with E-state index >= 15 is 0 Å². The molecule has 108 valence electrons. The molecule has 0 radical (unpaired) electrons. The van der Waals surface area contributed by atoms with Crippen LogP contribution in [0.25, 0.3) is 0 Å². The second-order valence-electron chi connectivity index (χ2n) is 4.62. The van der Waals surface area contributed by atoms with Gasteiger partial charge in [0.25, 0.3) is 0 Å². The number of thiophene rings is 2. The molecule has 21 heavy (non-hydrogen) atoms. The van der Waals surface area contributed by atoms with E-state index in [1.54, 1.807) is 11.3 Å². The molecule has 0 aliphatic carbocycles. The summed E-state index contributed by atoms with van der Waals surface area (Å²) in [6.45, 7) is 0. The maximum absolute atomic E-state index is 3.67. The highest BCUT2D eigenvalue weighted by atomic mass is 79.9. The van der Waals surface area contributed by atoms with Crippen molar-refractivity contribution in [1.29, 1.82) is 0 Å². The third-order valence-corrected chi connectivity index (χ3v) is 6.20. The van der Waals surface area contributed by atoms with Crippen molar-refractivity contribution < 1.29 is 0 Å². The van der Waals surface area contributed by atoms with Crippen molar-refractivity contribution in [2.45, 2.75) is 12.5 Å². The summed E-state index contributed by atoms with van der Waals surface area (Å²) < 4.78 is 2.16. The molecule has 0 saturated heterocycles. The lowest BCUT2D eigenvalue weighted by Gasteiger charge is -2.19. The van der Waals surface area contributed by atoms with E-state index in [0.29, 0.717) is 0 Å². The van der Waals surface area contributed by atoms with E-state index < -0.39 is 0 Å². The van der Waals surface area contributed by atoms with E-state index in [4.69, 9.17) is 0 Å². The Hall–Kier alpha value is -0.620. The summed E-state index contributed by atoms with van der Waals surface area (Å²) >= 11 is 10.8. The van der Waals surface area contributed by atoms with Gasteiger partial charge in [0.15, 0.2) is 0 Å². The fourth-order valence-corrected chi connectivity index (χ4v) is 4.39. The Bertz CT molecular complexity index is 693. The van der Waals surface area contributed by atoms with Crippen LogP contribution < -0.4 is 5.32 Å². The van der Waals surface area contributed by atoms with Gasteiger partial charge < -0.3 is 5.32 Å². The number of anilines is 1. The molecule has 3 rings (SSSR count). The third kappa shape index (κ3) is 3.97. The number of hydrogen-bond acceptors (Lipinski definition) is 3. The maximum Gasteiger partial charge on any atom is 0.0655 e. The fraction of sp³-hybridized carbons (Fsp3) is 0.125. The van der Waals surface area contributed by atoms with Crippen molar-refractivity contribution in [1.82, 2.24) is 0 Å². The number of rotatable bonds is 5. The van der Waals surface area contributed by atoms with E-state index in [0.717, 1.165) is 21.1 Å². The van der Waals surface area contributed by atoms with Gasteiger partial charge in [0.2, 0.25) is 0 Å². The molecule has 2 heterocycles. The Morgan fingerprint density at radius 3 is 2.52 bits per heavy atom. The molecule has 1 unspecified atom stereocenters. The van der Waals surface area contributed by atoms with Gasteiger partial charge in [0.1, 0.15) is 0 Å². The van der Waals surface area contributed by atoms with Gasteiger partial charge in [-0.05, 0) is 57.0 Å². The normalized spacial score (nSPS) is 12.3. The van der Waals surface area contributed by atoms with Gasteiger partial charge >= 0.3 is 0 Å². The number of benzene rings is 1. The molecule has 0 amide bonds. The van der Waals surface area contributed by atoms with E-state index in [9.17, 15) is 0 Å². The lowest BCUT2D eigenvalue weighted by molar-refractivity contribution is 0.801. The quantitative estimate of drug-likeness (QED) is 0.461. The highest BCUT2D eigenvalue weighted by molar-refractivity contribution is 9.11. The largest absolute Gasteiger partial charge is 0.376 e. The number of hydrogen-bond donors (Lipinski definition) is 1. The van der Waals surface area contributed by atoms with Gasteiger partial charge in [0.05, 0.1) is 11.7 Å². The molecule has 1 atom stereocenters. The molecule has 0 aliphatic rings. The first-order valence-corrected chi connectivity index (χ1v) is 9.84. The zero-order valence-electron chi connectivity index (χ0n) is 11.1. The molecule has 1 N–H and O–H groups in total. The summed E-state index contributed by atoms with van der Waals surface area (Å²) in [6, 6.07) is 15.1. The average Bonchev–Trinajstić information content (AvgIpc) is 3.14. The van der Waals surface area contributed by atoms with E-state index in [1.807, 2.05) is 17.4 Å². The van der Waals surface area contributed by atoms with Crippen molar-refractivity contribution in [2.75, 3.05) is 5.32 Å². The molecule has 0 aliphatic heterocycles. The van der Waals surface area contributed by atoms with Crippen molar-refractivity contribution in [3.8, 4) is 0 Å². The molecule has 2 aromatic heterocycles. The number of halogens is 2. The first kappa shape index (κ1) is 15.3. The van der Waals surface area contributed by atoms with Gasteiger partial charge in [-0.25, -0.2) is 0 Å². The molecule has 0 saturated carbocycles. The van der Waals surface area contributed by atoms with E-state index in [-0.39, 0.29) is 6.04 Å². The lowest BCUT2D eigenvalue weighted by Crippen LogP contribution is -2.12. The van der Waals surface area contributed by atoms with Crippen molar-refractivity contribution in [2.24, 2.45) is 0 Å². The second-order valence-corrected chi connectivity index (χ2v) is 8.40. The summed E-state index contributed by atoms with van der Waals surface area (Å²) in [5.74, 6) is 0. The van der Waals surface area contributed by atoms with Crippen LogP contribution in [0.1, 0.15) is 15.8 Å². The molecule has 1 nitrogen and oxygen atoms in total. The first-order valence-electron chi connectivity index (χ1n) is 6.50. The minimum Gasteiger partial charge on any atom is -0.376 e. The van der Waals surface area contributed by atoms with Crippen molar-refractivity contribution in [3.63, 3.8) is 0 Å². The van der Waals surface area contributed by atoms with Gasteiger partial charge in [-0.3, -0.25) is 0 Å². The minimum absolute atomic E-state index is 0.286. The molecule has 1 aromatic carbocycles. The van der Waals surface area contributed by atoms with E-state index in [2.05, 4.69) is 84.3 Å². The highest BCUT2D eigenvalue weighted by Crippen LogP contribution is 2.33.